The molecule has 0 aliphatic heterocycles. The van der Waals surface area contributed by atoms with Gasteiger partial charge in [-0.2, -0.15) is 0 Å². The molecular formula is C14H20ClF2NO3S. The minimum absolute atomic E-state index is 0.00233. The van der Waals surface area contributed by atoms with Gasteiger partial charge in [-0.05, 0) is 31.5 Å². The molecule has 0 heterocycles. The maximum atomic E-state index is 12.6. The lowest BCUT2D eigenvalue weighted by Crippen LogP contribution is -2.34. The molecule has 1 rings (SSSR count). The molecule has 0 fully saturated rings. The van der Waals surface area contributed by atoms with Gasteiger partial charge >= 0.3 is 0 Å². The number of carbonyl (C=O) groups is 1. The highest BCUT2D eigenvalue weighted by molar-refractivity contribution is 7.89. The van der Waals surface area contributed by atoms with E-state index < -0.39 is 22.5 Å². The van der Waals surface area contributed by atoms with Crippen LogP contribution in [0.15, 0.2) is 23.1 Å². The first kappa shape index (κ1) is 20.9. The largest absolute Gasteiger partial charge is 0.300 e. The number of Topliss-reactive ketones (excluding diaryl/α,β-unsaturated/α-hetero) is 1. The molecule has 0 unspecified atom stereocenters. The molecule has 1 aromatic carbocycles. The van der Waals surface area contributed by atoms with Gasteiger partial charge in [0.25, 0.3) is 5.92 Å². The van der Waals surface area contributed by atoms with Crippen LogP contribution in [0.2, 0.25) is 5.02 Å². The summed E-state index contributed by atoms with van der Waals surface area (Å²) in [5.41, 5.74) is 0.679. The van der Waals surface area contributed by atoms with Gasteiger partial charge < -0.3 is 4.79 Å². The predicted molar refractivity (Wildman–Crippen MR) is 83.0 cm³/mol. The summed E-state index contributed by atoms with van der Waals surface area (Å²) in [4.78, 5) is 9.62. The molecule has 1 N–H and O–H groups in total. The highest BCUT2D eigenvalue weighted by atomic mass is 35.5. The first-order valence-corrected chi connectivity index (χ1v) is 8.38. The SMILES string of the molecule is CCC(C)=O.Cc1ccc(Cl)c(S(=O)(=O)NCC(C)(F)F)c1. The number of nitrogens with one attached hydrogen (secondary N) is 1. The molecule has 0 radical (unpaired) electrons. The first-order valence-electron chi connectivity index (χ1n) is 6.52. The summed E-state index contributed by atoms with van der Waals surface area (Å²) in [5, 5.41) is 0.00233. The van der Waals surface area contributed by atoms with Gasteiger partial charge in [0.1, 0.15) is 10.7 Å². The standard InChI is InChI=1S/C10H12ClF2NO2S.C4H8O/c1-7-3-4-8(11)9(5-7)17(15,16)14-6-10(2,12)13;1-3-4(2)5/h3-5,14H,6H2,1-2H3;3H2,1-2H3. The summed E-state index contributed by atoms with van der Waals surface area (Å²) < 4.78 is 50.4. The van der Waals surface area contributed by atoms with Crippen molar-refractivity contribution in [2.24, 2.45) is 0 Å². The second kappa shape index (κ2) is 8.55. The highest BCUT2D eigenvalue weighted by Gasteiger charge is 2.26. The fourth-order valence-electron chi connectivity index (χ4n) is 1.12. The molecule has 0 saturated heterocycles. The van der Waals surface area contributed by atoms with Crippen LogP contribution in [-0.2, 0) is 14.8 Å². The van der Waals surface area contributed by atoms with Gasteiger partial charge in [0, 0.05) is 13.3 Å². The number of sulfonamides is 1. The maximum Gasteiger partial charge on any atom is 0.258 e. The molecule has 0 aromatic heterocycles. The summed E-state index contributed by atoms with van der Waals surface area (Å²) in [6.07, 6.45) is 0.667. The van der Waals surface area contributed by atoms with Crippen LogP contribution in [0, 0.1) is 6.92 Å². The van der Waals surface area contributed by atoms with E-state index in [9.17, 15) is 22.0 Å². The van der Waals surface area contributed by atoms with E-state index in [0.29, 0.717) is 18.9 Å². The van der Waals surface area contributed by atoms with Gasteiger partial charge in [-0.3, -0.25) is 0 Å². The quantitative estimate of drug-likeness (QED) is 0.878. The average Bonchev–Trinajstić information content (AvgIpc) is 2.39. The summed E-state index contributed by atoms with van der Waals surface area (Å²) in [6, 6.07) is 4.38. The lowest BCUT2D eigenvalue weighted by molar-refractivity contribution is -0.116. The zero-order valence-electron chi connectivity index (χ0n) is 12.9. The molecular weight excluding hydrogens is 336 g/mol. The summed E-state index contributed by atoms with van der Waals surface area (Å²) in [5.74, 6) is -2.85. The highest BCUT2D eigenvalue weighted by Crippen LogP contribution is 2.22. The van der Waals surface area contributed by atoms with Crippen molar-refractivity contribution in [1.82, 2.24) is 4.72 Å². The second-order valence-corrected chi connectivity index (χ2v) is 7.03. The lowest BCUT2D eigenvalue weighted by atomic mass is 10.2. The number of hydrogen-bond donors (Lipinski definition) is 1. The van der Waals surface area contributed by atoms with E-state index in [2.05, 4.69) is 0 Å². The van der Waals surface area contributed by atoms with Gasteiger partial charge in [0.2, 0.25) is 10.0 Å². The van der Waals surface area contributed by atoms with Crippen LogP contribution in [0.1, 0.15) is 32.8 Å². The Kier molecular flexibility index (Phi) is 8.14. The van der Waals surface area contributed by atoms with Gasteiger partial charge in [-0.1, -0.05) is 24.6 Å². The average molecular weight is 356 g/mol. The zero-order chi connectivity index (χ0) is 17.6. The molecule has 0 atom stereocenters. The Morgan fingerprint density at radius 2 is 1.86 bits per heavy atom. The first-order chi connectivity index (χ1) is 9.89. The molecule has 8 heteroatoms. The van der Waals surface area contributed by atoms with Gasteiger partial charge in [-0.15, -0.1) is 0 Å². The van der Waals surface area contributed by atoms with Gasteiger partial charge in [-0.25, -0.2) is 21.9 Å². The van der Waals surface area contributed by atoms with Crippen LogP contribution < -0.4 is 4.72 Å². The predicted octanol–water partition coefficient (Wildman–Crippen LogP) is 3.57. The number of carbonyl (C=O) groups excluding carboxylic acids is 1. The number of aryl methyl sites for hydroxylation is 1. The van der Waals surface area contributed by atoms with Crippen molar-refractivity contribution in [3.8, 4) is 0 Å². The van der Waals surface area contributed by atoms with Crippen molar-refractivity contribution in [2.75, 3.05) is 6.54 Å². The Bertz CT molecular complexity index is 613. The van der Waals surface area contributed by atoms with Crippen LogP contribution in [0.5, 0.6) is 0 Å². The Hall–Kier alpha value is -1.05. The van der Waals surface area contributed by atoms with Crippen molar-refractivity contribution in [2.45, 2.75) is 44.9 Å². The van der Waals surface area contributed by atoms with Crippen molar-refractivity contribution in [3.05, 3.63) is 28.8 Å². The Morgan fingerprint density at radius 1 is 1.36 bits per heavy atom. The molecule has 0 spiro atoms. The molecule has 1 aromatic rings. The summed E-state index contributed by atoms with van der Waals surface area (Å²) >= 11 is 5.72. The van der Waals surface area contributed by atoms with Crippen LogP contribution in [0.3, 0.4) is 0 Å². The maximum absolute atomic E-state index is 12.6. The second-order valence-electron chi connectivity index (χ2n) is 4.88. The van der Waals surface area contributed by atoms with Crippen molar-refractivity contribution >= 4 is 27.4 Å². The summed E-state index contributed by atoms with van der Waals surface area (Å²) in [6.45, 7) is 4.79. The Labute approximate surface area is 134 Å². The normalized spacial score (nSPS) is 11.6. The minimum Gasteiger partial charge on any atom is -0.300 e. The number of halogens is 3. The fourth-order valence-corrected chi connectivity index (χ4v) is 2.80. The molecule has 4 nitrogen and oxygen atoms in total. The Balaban J connectivity index is 0.000000763. The molecule has 0 bridgehead atoms. The number of benzene rings is 1. The van der Waals surface area contributed by atoms with E-state index in [1.807, 2.05) is 11.6 Å². The smallest absolute Gasteiger partial charge is 0.258 e. The van der Waals surface area contributed by atoms with Gasteiger partial charge in [0.05, 0.1) is 11.6 Å². The molecule has 0 aliphatic rings. The molecule has 0 aliphatic carbocycles. The topological polar surface area (TPSA) is 63.2 Å². The third kappa shape index (κ3) is 8.41. The summed E-state index contributed by atoms with van der Waals surface area (Å²) in [7, 11) is -4.01. The molecule has 0 amide bonds. The van der Waals surface area contributed by atoms with Crippen LogP contribution >= 0.6 is 11.6 Å². The third-order valence-electron chi connectivity index (χ3n) is 2.45. The van der Waals surface area contributed by atoms with E-state index in [1.165, 1.54) is 12.1 Å². The van der Waals surface area contributed by atoms with Crippen LogP contribution in [0.4, 0.5) is 8.78 Å². The molecule has 0 saturated carbocycles. The van der Waals surface area contributed by atoms with Crippen molar-refractivity contribution in [1.29, 1.82) is 0 Å². The number of ketones is 1. The number of hydrogen-bond acceptors (Lipinski definition) is 3. The molecule has 126 valence electrons. The van der Waals surface area contributed by atoms with E-state index in [4.69, 9.17) is 11.6 Å². The van der Waals surface area contributed by atoms with E-state index in [1.54, 1.807) is 19.9 Å². The van der Waals surface area contributed by atoms with Crippen molar-refractivity contribution < 1.29 is 22.0 Å². The Morgan fingerprint density at radius 3 is 2.27 bits per heavy atom. The zero-order valence-corrected chi connectivity index (χ0v) is 14.5. The fraction of sp³-hybridized carbons (Fsp3) is 0.500. The molecule has 22 heavy (non-hydrogen) atoms. The lowest BCUT2D eigenvalue weighted by Gasteiger charge is -2.13. The van der Waals surface area contributed by atoms with E-state index >= 15 is 0 Å². The van der Waals surface area contributed by atoms with Crippen LogP contribution in [-0.4, -0.2) is 26.7 Å². The number of rotatable bonds is 5. The monoisotopic (exact) mass is 355 g/mol. The third-order valence-corrected chi connectivity index (χ3v) is 4.33. The van der Waals surface area contributed by atoms with E-state index in [0.717, 1.165) is 0 Å². The minimum atomic E-state index is -4.01. The van der Waals surface area contributed by atoms with Gasteiger partial charge in [0.15, 0.2) is 0 Å². The van der Waals surface area contributed by atoms with Crippen LogP contribution in [0.25, 0.3) is 0 Å². The number of alkyl halides is 2. The van der Waals surface area contributed by atoms with E-state index in [-0.39, 0.29) is 15.7 Å². The van der Waals surface area contributed by atoms with Crippen molar-refractivity contribution in [3.63, 3.8) is 0 Å².